The Bertz CT molecular complexity index is 232. The van der Waals surface area contributed by atoms with Crippen LogP contribution in [0.15, 0.2) is 12.2 Å². The van der Waals surface area contributed by atoms with Crippen molar-refractivity contribution in [3.05, 3.63) is 12.2 Å². The average Bonchev–Trinajstić information content (AvgIpc) is 2.00. The second kappa shape index (κ2) is 5.85. The summed E-state index contributed by atoms with van der Waals surface area (Å²) in [5.74, 6) is -0.618. The first-order valence-electron chi connectivity index (χ1n) is 4.70. The van der Waals surface area contributed by atoms with E-state index in [2.05, 4.69) is 16.4 Å². The molecular formula is C10H20NO4+. The van der Waals surface area contributed by atoms with Gasteiger partial charge in [0.05, 0.1) is 21.1 Å². The molecule has 0 amide bonds. The van der Waals surface area contributed by atoms with E-state index < -0.39 is 12.1 Å². The van der Waals surface area contributed by atoms with Crippen LogP contribution in [0.2, 0.25) is 0 Å². The fraction of sp³-hybridized carbons (Fsp3) is 0.700. The van der Waals surface area contributed by atoms with E-state index in [-0.39, 0.29) is 12.2 Å². The van der Waals surface area contributed by atoms with Crippen molar-refractivity contribution in [3.8, 4) is 0 Å². The lowest BCUT2D eigenvalue weighted by Crippen LogP contribution is -2.43. The minimum absolute atomic E-state index is 0.0332. The molecule has 0 spiro atoms. The normalized spacial score (nSPS) is 13.4. The maximum atomic E-state index is 10.9. The number of carbonyl (C=O) groups is 1. The highest BCUT2D eigenvalue weighted by Gasteiger charge is 2.16. The number of quaternary nitrogens is 1. The van der Waals surface area contributed by atoms with Crippen molar-refractivity contribution in [2.75, 3.05) is 34.3 Å². The number of aliphatic hydroxyl groups excluding tert-OH is 1. The molecular weight excluding hydrogens is 198 g/mol. The van der Waals surface area contributed by atoms with Crippen molar-refractivity contribution in [2.45, 2.75) is 13.0 Å². The van der Waals surface area contributed by atoms with Gasteiger partial charge in [0.15, 0.2) is 0 Å². The number of likely N-dealkylation sites (N-methyl/N-ethyl adjacent to an activating group) is 1. The molecule has 0 aromatic carbocycles. The van der Waals surface area contributed by atoms with E-state index in [0.29, 0.717) is 11.0 Å². The topological polar surface area (TPSA) is 55.8 Å². The van der Waals surface area contributed by atoms with Crippen molar-refractivity contribution in [1.82, 2.24) is 0 Å². The van der Waals surface area contributed by atoms with Gasteiger partial charge in [-0.1, -0.05) is 6.58 Å². The average molecular weight is 218 g/mol. The van der Waals surface area contributed by atoms with Crippen molar-refractivity contribution in [1.29, 1.82) is 0 Å². The van der Waals surface area contributed by atoms with E-state index in [1.54, 1.807) is 0 Å². The number of nitrogens with zero attached hydrogens (tertiary/aromatic N) is 1. The fourth-order valence-corrected chi connectivity index (χ4v) is 0.922. The highest BCUT2D eigenvalue weighted by Crippen LogP contribution is 1.98. The second-order valence-electron chi connectivity index (χ2n) is 4.56. The zero-order chi connectivity index (χ0) is 12.1. The molecule has 5 nitrogen and oxygen atoms in total. The standard InChI is InChI=1S/C10H20NO4/c1-8(2)10(13)15-14-7-9(12)6-11(3,4)5/h9,12H,1,6-7H2,2-5H3/q+1. The van der Waals surface area contributed by atoms with Gasteiger partial charge < -0.3 is 9.59 Å². The predicted octanol–water partition coefficient (Wildman–Crippen LogP) is 0.104. The number of aliphatic hydroxyl groups is 1. The Morgan fingerprint density at radius 1 is 1.47 bits per heavy atom. The van der Waals surface area contributed by atoms with Gasteiger partial charge in [0.25, 0.3) is 0 Å². The summed E-state index contributed by atoms with van der Waals surface area (Å²) in [6, 6.07) is 0. The van der Waals surface area contributed by atoms with E-state index in [1.807, 2.05) is 21.1 Å². The molecule has 5 heteroatoms. The van der Waals surface area contributed by atoms with E-state index in [1.165, 1.54) is 6.92 Å². The molecule has 0 aliphatic rings. The Hall–Kier alpha value is -0.910. The van der Waals surface area contributed by atoms with Gasteiger partial charge in [-0.15, -0.1) is 0 Å². The molecule has 1 unspecified atom stereocenters. The molecule has 0 aliphatic heterocycles. The van der Waals surface area contributed by atoms with Crippen LogP contribution in [0.3, 0.4) is 0 Å². The van der Waals surface area contributed by atoms with Crippen LogP contribution in [-0.4, -0.2) is 56.0 Å². The summed E-state index contributed by atoms with van der Waals surface area (Å²) in [7, 11) is 5.84. The van der Waals surface area contributed by atoms with Gasteiger partial charge in [-0.25, -0.2) is 4.79 Å². The molecule has 0 aromatic rings. The van der Waals surface area contributed by atoms with Gasteiger partial charge >= 0.3 is 5.97 Å². The second-order valence-corrected chi connectivity index (χ2v) is 4.56. The zero-order valence-corrected chi connectivity index (χ0v) is 9.82. The predicted molar refractivity (Wildman–Crippen MR) is 55.8 cm³/mol. The molecule has 15 heavy (non-hydrogen) atoms. The molecule has 0 bridgehead atoms. The first-order valence-corrected chi connectivity index (χ1v) is 4.70. The van der Waals surface area contributed by atoms with Crippen molar-refractivity contribution in [2.24, 2.45) is 0 Å². The van der Waals surface area contributed by atoms with Crippen LogP contribution in [0.1, 0.15) is 6.92 Å². The van der Waals surface area contributed by atoms with Crippen molar-refractivity contribution in [3.63, 3.8) is 0 Å². The van der Waals surface area contributed by atoms with Gasteiger partial charge in [-0.2, -0.15) is 4.89 Å². The minimum atomic E-state index is -0.664. The van der Waals surface area contributed by atoms with E-state index in [4.69, 9.17) is 0 Å². The summed E-state index contributed by atoms with van der Waals surface area (Å²) in [5.41, 5.74) is 0.260. The molecule has 1 atom stereocenters. The molecule has 0 fully saturated rings. The van der Waals surface area contributed by atoms with Crippen LogP contribution in [0.4, 0.5) is 0 Å². The summed E-state index contributed by atoms with van der Waals surface area (Å²) in [4.78, 5) is 19.9. The summed E-state index contributed by atoms with van der Waals surface area (Å²) in [6.45, 7) is 5.40. The fourth-order valence-electron chi connectivity index (χ4n) is 0.922. The summed E-state index contributed by atoms with van der Waals surface area (Å²) in [6.07, 6.45) is -0.664. The Morgan fingerprint density at radius 2 is 2.00 bits per heavy atom. The van der Waals surface area contributed by atoms with Crippen molar-refractivity contribution < 1.29 is 24.2 Å². The molecule has 0 saturated heterocycles. The molecule has 0 heterocycles. The highest BCUT2D eigenvalue weighted by molar-refractivity contribution is 5.86. The molecule has 0 radical (unpaired) electrons. The van der Waals surface area contributed by atoms with Crippen LogP contribution in [-0.2, 0) is 14.6 Å². The number of hydrogen-bond donors (Lipinski definition) is 1. The molecule has 0 aromatic heterocycles. The van der Waals surface area contributed by atoms with Crippen LogP contribution in [0.25, 0.3) is 0 Å². The third-order valence-electron chi connectivity index (χ3n) is 1.50. The Labute approximate surface area is 90.4 Å². The number of hydrogen-bond acceptors (Lipinski definition) is 4. The van der Waals surface area contributed by atoms with E-state index in [9.17, 15) is 9.90 Å². The monoisotopic (exact) mass is 218 g/mol. The highest BCUT2D eigenvalue weighted by atomic mass is 17.2. The molecule has 1 N–H and O–H groups in total. The summed E-state index contributed by atoms with van der Waals surface area (Å²) in [5, 5.41) is 9.48. The summed E-state index contributed by atoms with van der Waals surface area (Å²) >= 11 is 0. The number of rotatable bonds is 6. The first kappa shape index (κ1) is 14.1. The van der Waals surface area contributed by atoms with Gasteiger partial charge in [0.2, 0.25) is 0 Å². The third kappa shape index (κ3) is 8.11. The molecule has 88 valence electrons. The molecule has 0 aliphatic carbocycles. The smallest absolute Gasteiger partial charge is 0.368 e. The maximum absolute atomic E-state index is 10.9. The number of carbonyl (C=O) groups excluding carboxylic acids is 1. The lowest BCUT2D eigenvalue weighted by molar-refractivity contribution is -0.873. The Morgan fingerprint density at radius 3 is 2.40 bits per heavy atom. The maximum Gasteiger partial charge on any atom is 0.368 e. The third-order valence-corrected chi connectivity index (χ3v) is 1.50. The summed E-state index contributed by atoms with van der Waals surface area (Å²) < 4.78 is 0.610. The molecule has 0 saturated carbocycles. The molecule has 0 rings (SSSR count). The van der Waals surface area contributed by atoms with Crippen LogP contribution < -0.4 is 0 Å². The zero-order valence-electron chi connectivity index (χ0n) is 9.82. The first-order chi connectivity index (χ1) is 6.72. The van der Waals surface area contributed by atoms with Gasteiger partial charge in [-0.3, -0.25) is 4.89 Å². The largest absolute Gasteiger partial charge is 0.385 e. The van der Waals surface area contributed by atoms with E-state index >= 15 is 0 Å². The lowest BCUT2D eigenvalue weighted by Gasteiger charge is -2.26. The van der Waals surface area contributed by atoms with Crippen LogP contribution in [0.5, 0.6) is 0 Å². The Kier molecular flexibility index (Phi) is 5.49. The quantitative estimate of drug-likeness (QED) is 0.297. The minimum Gasteiger partial charge on any atom is -0.385 e. The van der Waals surface area contributed by atoms with Gasteiger partial charge in [0, 0.05) is 5.57 Å². The Balaban J connectivity index is 3.69. The lowest BCUT2D eigenvalue weighted by atomic mass is 10.3. The van der Waals surface area contributed by atoms with E-state index in [0.717, 1.165) is 0 Å². The van der Waals surface area contributed by atoms with Crippen molar-refractivity contribution >= 4 is 5.97 Å². The SMILES string of the molecule is C=C(C)C(=O)OOCC(O)C[N+](C)(C)C. The van der Waals surface area contributed by atoms with Crippen LogP contribution in [0, 0.1) is 0 Å². The van der Waals surface area contributed by atoms with Crippen LogP contribution >= 0.6 is 0 Å². The van der Waals surface area contributed by atoms with Gasteiger partial charge in [0.1, 0.15) is 19.3 Å². The van der Waals surface area contributed by atoms with Gasteiger partial charge in [-0.05, 0) is 6.92 Å².